The van der Waals surface area contributed by atoms with Gasteiger partial charge in [-0.1, -0.05) is 19.1 Å². The second-order valence-electron chi connectivity index (χ2n) is 7.41. The van der Waals surface area contributed by atoms with Gasteiger partial charge in [-0.3, -0.25) is 14.5 Å². The van der Waals surface area contributed by atoms with E-state index in [0.29, 0.717) is 55.7 Å². The molecule has 0 atom stereocenters. The number of nitrogens with one attached hydrogen (secondary N) is 1. The van der Waals surface area contributed by atoms with Gasteiger partial charge in [-0.25, -0.2) is 9.78 Å². The van der Waals surface area contributed by atoms with Crippen molar-refractivity contribution in [2.75, 3.05) is 44.2 Å². The molecule has 1 aromatic heterocycles. The number of aryl methyl sites for hydroxylation is 1. The highest BCUT2D eigenvalue weighted by Crippen LogP contribution is 2.22. The van der Waals surface area contributed by atoms with Crippen molar-refractivity contribution in [1.82, 2.24) is 20.1 Å². The quantitative estimate of drug-likeness (QED) is 0.788. The van der Waals surface area contributed by atoms with E-state index in [-0.39, 0.29) is 24.3 Å². The zero-order valence-electron chi connectivity index (χ0n) is 17.0. The molecule has 3 heterocycles. The first-order valence-corrected chi connectivity index (χ1v) is 11.1. The van der Waals surface area contributed by atoms with E-state index in [1.807, 2.05) is 29.6 Å². The van der Waals surface area contributed by atoms with Gasteiger partial charge in [0.05, 0.1) is 12.1 Å². The third-order valence-corrected chi connectivity index (χ3v) is 6.40. The molecule has 2 saturated heterocycles. The van der Waals surface area contributed by atoms with E-state index in [1.54, 1.807) is 14.7 Å². The molecule has 0 bridgehead atoms. The van der Waals surface area contributed by atoms with Gasteiger partial charge in [0.2, 0.25) is 5.91 Å². The summed E-state index contributed by atoms with van der Waals surface area (Å²) in [5, 5.41) is 5.20. The van der Waals surface area contributed by atoms with Gasteiger partial charge in [0, 0.05) is 50.2 Å². The van der Waals surface area contributed by atoms with Gasteiger partial charge in [0.25, 0.3) is 5.91 Å². The van der Waals surface area contributed by atoms with E-state index in [2.05, 4.69) is 17.2 Å². The van der Waals surface area contributed by atoms with Crippen LogP contribution in [-0.2, 0) is 17.6 Å². The summed E-state index contributed by atoms with van der Waals surface area (Å²) >= 11 is 1.37. The van der Waals surface area contributed by atoms with Crippen molar-refractivity contribution in [3.8, 4) is 0 Å². The third-order valence-electron chi connectivity index (χ3n) is 5.49. The van der Waals surface area contributed by atoms with Crippen LogP contribution in [-0.4, -0.2) is 71.9 Å². The number of amides is 4. The van der Waals surface area contributed by atoms with Gasteiger partial charge in [0.1, 0.15) is 0 Å². The molecule has 2 aliphatic rings. The molecule has 2 aromatic rings. The molecule has 8 nitrogen and oxygen atoms in total. The van der Waals surface area contributed by atoms with E-state index < -0.39 is 0 Å². The lowest BCUT2D eigenvalue weighted by atomic mass is 10.1. The van der Waals surface area contributed by atoms with Crippen molar-refractivity contribution in [3.05, 3.63) is 46.5 Å². The van der Waals surface area contributed by atoms with Gasteiger partial charge < -0.3 is 15.1 Å². The van der Waals surface area contributed by atoms with Crippen LogP contribution in [0.4, 0.5) is 9.93 Å². The molecule has 1 N–H and O–H groups in total. The van der Waals surface area contributed by atoms with Crippen molar-refractivity contribution in [3.63, 3.8) is 0 Å². The van der Waals surface area contributed by atoms with E-state index >= 15 is 0 Å². The van der Waals surface area contributed by atoms with Crippen molar-refractivity contribution >= 4 is 34.3 Å². The number of urea groups is 1. The number of hydrogen-bond acceptors (Lipinski definition) is 5. The summed E-state index contributed by atoms with van der Waals surface area (Å²) in [6.45, 7) is 5.37. The fraction of sp³-hybridized carbons (Fsp3) is 0.429. The van der Waals surface area contributed by atoms with Crippen LogP contribution in [0.25, 0.3) is 0 Å². The summed E-state index contributed by atoms with van der Waals surface area (Å²) in [5.41, 5.74) is 2.57. The van der Waals surface area contributed by atoms with Crippen molar-refractivity contribution < 1.29 is 14.4 Å². The summed E-state index contributed by atoms with van der Waals surface area (Å²) in [7, 11) is 0. The van der Waals surface area contributed by atoms with Crippen LogP contribution < -0.4 is 10.2 Å². The van der Waals surface area contributed by atoms with Gasteiger partial charge in [0.15, 0.2) is 5.13 Å². The van der Waals surface area contributed by atoms with Gasteiger partial charge in [-0.05, 0) is 24.1 Å². The van der Waals surface area contributed by atoms with Crippen LogP contribution in [0.5, 0.6) is 0 Å². The maximum atomic E-state index is 12.7. The Morgan fingerprint density at radius 3 is 2.40 bits per heavy atom. The molecule has 0 saturated carbocycles. The van der Waals surface area contributed by atoms with Crippen LogP contribution in [0.3, 0.4) is 0 Å². The third kappa shape index (κ3) is 4.30. The number of hydrogen-bond donors (Lipinski definition) is 1. The molecule has 0 unspecified atom stereocenters. The summed E-state index contributed by atoms with van der Waals surface area (Å²) in [5.74, 6) is 0.00917. The molecule has 4 rings (SSSR count). The Bertz CT molecular complexity index is 934. The van der Waals surface area contributed by atoms with Crippen molar-refractivity contribution in [2.45, 2.75) is 19.8 Å². The summed E-state index contributed by atoms with van der Waals surface area (Å²) < 4.78 is 0. The number of carbonyl (C=O) groups is 3. The predicted molar refractivity (Wildman–Crippen MR) is 115 cm³/mol. The zero-order valence-corrected chi connectivity index (χ0v) is 17.8. The maximum Gasteiger partial charge on any atom is 0.323 e. The van der Waals surface area contributed by atoms with Crippen molar-refractivity contribution in [2.24, 2.45) is 0 Å². The van der Waals surface area contributed by atoms with Crippen LogP contribution in [0.1, 0.15) is 28.5 Å². The normalized spacial score (nSPS) is 16.7. The fourth-order valence-corrected chi connectivity index (χ4v) is 4.50. The fourth-order valence-electron chi connectivity index (χ4n) is 3.65. The molecule has 9 heteroatoms. The number of carbonyl (C=O) groups excluding carboxylic acids is 3. The largest absolute Gasteiger partial charge is 0.339 e. The molecule has 0 aliphatic carbocycles. The monoisotopic (exact) mass is 427 g/mol. The molecule has 0 radical (unpaired) electrons. The molecular formula is C21H25N5O3S. The number of rotatable bonds is 5. The first-order chi connectivity index (χ1) is 14.5. The SMILES string of the molecule is CCc1ccc(C(=O)N2CCN(C(=O)Cc3csc(N4CCNC4=O)n3)CC2)cc1. The Labute approximate surface area is 179 Å². The minimum absolute atomic E-state index is 0.00267. The highest BCUT2D eigenvalue weighted by Gasteiger charge is 2.27. The van der Waals surface area contributed by atoms with Crippen LogP contribution >= 0.6 is 11.3 Å². The van der Waals surface area contributed by atoms with Crippen LogP contribution in [0.15, 0.2) is 29.6 Å². The molecule has 1 aromatic carbocycles. The minimum Gasteiger partial charge on any atom is -0.339 e. The smallest absolute Gasteiger partial charge is 0.323 e. The predicted octanol–water partition coefficient (Wildman–Crippen LogP) is 1.76. The molecule has 4 amide bonds. The molecule has 2 fully saturated rings. The Morgan fingerprint density at radius 2 is 1.77 bits per heavy atom. The first kappa shape index (κ1) is 20.3. The second kappa shape index (κ2) is 8.83. The number of nitrogens with zero attached hydrogens (tertiary/aromatic N) is 4. The zero-order chi connectivity index (χ0) is 21.1. The Hall–Kier alpha value is -2.94. The lowest BCUT2D eigenvalue weighted by molar-refractivity contribution is -0.132. The van der Waals surface area contributed by atoms with Gasteiger partial charge in [-0.2, -0.15) is 0 Å². The maximum absolute atomic E-state index is 12.7. The van der Waals surface area contributed by atoms with E-state index in [9.17, 15) is 14.4 Å². The summed E-state index contributed by atoms with van der Waals surface area (Å²) in [6, 6.07) is 7.58. The Morgan fingerprint density at radius 1 is 1.07 bits per heavy atom. The van der Waals surface area contributed by atoms with E-state index in [0.717, 1.165) is 6.42 Å². The van der Waals surface area contributed by atoms with Gasteiger partial charge in [-0.15, -0.1) is 11.3 Å². The number of anilines is 1. The van der Waals surface area contributed by atoms with Crippen LogP contribution in [0, 0.1) is 0 Å². The highest BCUT2D eigenvalue weighted by molar-refractivity contribution is 7.14. The number of benzene rings is 1. The summed E-state index contributed by atoms with van der Waals surface area (Å²) in [6.07, 6.45) is 1.15. The van der Waals surface area contributed by atoms with Crippen molar-refractivity contribution in [1.29, 1.82) is 0 Å². The van der Waals surface area contributed by atoms with Crippen LogP contribution in [0.2, 0.25) is 0 Å². The number of thiazole rings is 1. The number of aromatic nitrogens is 1. The Kier molecular flexibility index (Phi) is 5.98. The van der Waals surface area contributed by atoms with E-state index in [4.69, 9.17) is 0 Å². The molecule has 2 aliphatic heterocycles. The average molecular weight is 428 g/mol. The highest BCUT2D eigenvalue weighted by atomic mass is 32.1. The number of piperazine rings is 1. The molecule has 158 valence electrons. The lowest BCUT2D eigenvalue weighted by Gasteiger charge is -2.34. The lowest BCUT2D eigenvalue weighted by Crippen LogP contribution is -2.51. The van der Waals surface area contributed by atoms with E-state index in [1.165, 1.54) is 16.9 Å². The first-order valence-electron chi connectivity index (χ1n) is 10.2. The minimum atomic E-state index is -0.146. The molecule has 30 heavy (non-hydrogen) atoms. The topological polar surface area (TPSA) is 85.9 Å². The average Bonchev–Trinajstić information content (AvgIpc) is 3.42. The standard InChI is InChI=1S/C21H25N5O3S/c1-2-15-3-5-16(6-4-15)19(28)25-11-9-24(10-12-25)18(27)13-17-14-30-21(23-17)26-8-7-22-20(26)29/h3-6,14H,2,7-13H2,1H3,(H,22,29). The molecular weight excluding hydrogens is 402 g/mol. The van der Waals surface area contributed by atoms with Gasteiger partial charge >= 0.3 is 6.03 Å². The second-order valence-corrected chi connectivity index (χ2v) is 8.24. The Balaban J connectivity index is 1.29. The summed E-state index contributed by atoms with van der Waals surface area (Å²) in [4.78, 5) is 46.7. The molecule has 0 spiro atoms.